The Morgan fingerprint density at radius 2 is 1.09 bits per heavy atom. The number of imidazole rings is 2. The zero-order valence-corrected chi connectivity index (χ0v) is 23.1. The Kier molecular flexibility index (Phi) is 7.47. The van der Waals surface area contributed by atoms with Crippen LogP contribution in [0.25, 0.3) is 22.3 Å². The van der Waals surface area contributed by atoms with Crippen molar-refractivity contribution in [2.24, 2.45) is 0 Å². The molecule has 0 atom stereocenters. The maximum Gasteiger partial charge on any atom is 0.173 e. The van der Waals surface area contributed by atoms with E-state index >= 15 is 0 Å². The predicted molar refractivity (Wildman–Crippen MR) is 144 cm³/mol. The van der Waals surface area contributed by atoms with Gasteiger partial charge in [-0.1, -0.05) is 12.8 Å². The highest BCUT2D eigenvalue weighted by atomic mass is 28.4. The lowest BCUT2D eigenvalue weighted by Gasteiger charge is -2.34. The van der Waals surface area contributed by atoms with E-state index in [1.54, 1.807) is 12.7 Å². The van der Waals surface area contributed by atoms with E-state index in [-0.39, 0.29) is 0 Å². The molecular formula is C22H36N10OSi2. The van der Waals surface area contributed by atoms with Gasteiger partial charge in [0.1, 0.15) is 23.7 Å². The Morgan fingerprint density at radius 3 is 1.51 bits per heavy atom. The summed E-state index contributed by atoms with van der Waals surface area (Å²) in [6.45, 7) is 11.2. The standard InChI is InChI=1S/C22H36N10OSi2/c1-34(2,11-7-5-9-31-15-29-17-19(23)25-13-27-21(17)31)33-35(3,4)12-8-6-10-32-16-30-18-20(24)26-14-28-22(18)32/h13-16H,5-12H2,1-4H3,(H2,23,25,27)(H2,24,26,28). The van der Waals surface area contributed by atoms with E-state index in [9.17, 15) is 0 Å². The van der Waals surface area contributed by atoms with Crippen LogP contribution in [0.1, 0.15) is 25.7 Å². The quantitative estimate of drug-likeness (QED) is 0.213. The Morgan fingerprint density at radius 1 is 0.657 bits per heavy atom. The Balaban J connectivity index is 1.19. The molecule has 4 rings (SSSR count). The number of fused-ring (bicyclic) bond motifs is 2. The fraction of sp³-hybridized carbons (Fsp3) is 0.545. The van der Waals surface area contributed by atoms with Crippen molar-refractivity contribution in [3.8, 4) is 0 Å². The van der Waals surface area contributed by atoms with Gasteiger partial charge in [-0.25, -0.2) is 29.9 Å². The molecule has 4 heterocycles. The van der Waals surface area contributed by atoms with Gasteiger partial charge in [0.25, 0.3) is 0 Å². The molecule has 0 amide bonds. The van der Waals surface area contributed by atoms with Crippen molar-refractivity contribution in [3.63, 3.8) is 0 Å². The predicted octanol–water partition coefficient (Wildman–Crippen LogP) is 3.82. The number of nitrogen functional groups attached to an aromatic ring is 2. The van der Waals surface area contributed by atoms with E-state index in [2.05, 4.69) is 65.2 Å². The van der Waals surface area contributed by atoms with E-state index in [0.717, 1.165) is 62.2 Å². The molecule has 188 valence electrons. The van der Waals surface area contributed by atoms with Crippen molar-refractivity contribution >= 4 is 50.6 Å². The molecule has 13 heteroatoms. The first-order chi connectivity index (χ1) is 16.7. The van der Waals surface area contributed by atoms with Gasteiger partial charge in [0, 0.05) is 13.1 Å². The molecule has 4 N–H and O–H groups in total. The lowest BCUT2D eigenvalue weighted by atomic mass is 10.3. The lowest BCUT2D eigenvalue weighted by Crippen LogP contribution is -2.44. The van der Waals surface area contributed by atoms with Gasteiger partial charge in [-0.3, -0.25) is 0 Å². The van der Waals surface area contributed by atoms with E-state index < -0.39 is 16.6 Å². The first-order valence-electron chi connectivity index (χ1n) is 12.2. The molecule has 0 saturated heterocycles. The van der Waals surface area contributed by atoms with Crippen LogP contribution >= 0.6 is 0 Å². The van der Waals surface area contributed by atoms with Crippen molar-refractivity contribution in [2.45, 2.75) is 77.0 Å². The molecule has 0 bridgehead atoms. The number of hydrogen-bond acceptors (Lipinski definition) is 9. The van der Waals surface area contributed by atoms with Crippen LogP contribution in [0.3, 0.4) is 0 Å². The summed E-state index contributed by atoms with van der Waals surface area (Å²) in [5, 5.41) is 0. The van der Waals surface area contributed by atoms with Crippen molar-refractivity contribution in [1.82, 2.24) is 39.0 Å². The van der Waals surface area contributed by atoms with Crippen molar-refractivity contribution < 1.29 is 4.12 Å². The Bertz CT molecular complexity index is 1190. The van der Waals surface area contributed by atoms with Gasteiger partial charge in [0.15, 0.2) is 39.6 Å². The minimum atomic E-state index is -1.73. The molecule has 4 aromatic heterocycles. The van der Waals surface area contributed by atoms with Crippen LogP contribution < -0.4 is 11.5 Å². The van der Waals surface area contributed by atoms with Crippen molar-refractivity contribution in [3.05, 3.63) is 25.3 Å². The zero-order valence-electron chi connectivity index (χ0n) is 21.1. The molecule has 0 saturated carbocycles. The number of hydrogen-bond donors (Lipinski definition) is 2. The summed E-state index contributed by atoms with van der Waals surface area (Å²) in [7, 11) is -3.47. The zero-order chi connectivity index (χ0) is 25.1. The minimum absolute atomic E-state index is 0.430. The third-order valence-electron chi connectivity index (χ3n) is 6.27. The number of anilines is 2. The largest absolute Gasteiger partial charge is 0.455 e. The molecule has 4 aromatic rings. The van der Waals surface area contributed by atoms with E-state index in [1.165, 1.54) is 12.7 Å². The molecule has 0 aliphatic heterocycles. The summed E-state index contributed by atoms with van der Waals surface area (Å²) >= 11 is 0. The average Bonchev–Trinajstić information content (AvgIpc) is 3.40. The second kappa shape index (κ2) is 10.4. The molecule has 0 aromatic carbocycles. The van der Waals surface area contributed by atoms with Gasteiger partial charge in [0.2, 0.25) is 0 Å². The summed E-state index contributed by atoms with van der Waals surface area (Å²) in [6.07, 6.45) is 11.0. The van der Waals surface area contributed by atoms with E-state index in [0.29, 0.717) is 22.7 Å². The highest BCUT2D eigenvalue weighted by molar-refractivity contribution is 6.84. The minimum Gasteiger partial charge on any atom is -0.455 e. The third-order valence-corrected chi connectivity index (χ3v) is 13.8. The second-order valence-corrected chi connectivity index (χ2v) is 19.1. The third kappa shape index (κ3) is 6.21. The topological polar surface area (TPSA) is 148 Å². The highest BCUT2D eigenvalue weighted by Gasteiger charge is 2.32. The lowest BCUT2D eigenvalue weighted by molar-refractivity contribution is 0.518. The van der Waals surface area contributed by atoms with Crippen LogP contribution in [-0.2, 0) is 17.2 Å². The molecular weight excluding hydrogens is 476 g/mol. The summed E-state index contributed by atoms with van der Waals surface area (Å²) in [5.74, 6) is 0.861. The summed E-state index contributed by atoms with van der Waals surface area (Å²) in [6, 6.07) is 2.30. The number of rotatable bonds is 12. The summed E-state index contributed by atoms with van der Waals surface area (Å²) < 4.78 is 11.0. The molecule has 0 spiro atoms. The summed E-state index contributed by atoms with van der Waals surface area (Å²) in [5.41, 5.74) is 14.7. The Labute approximate surface area is 207 Å². The number of nitrogens with zero attached hydrogens (tertiary/aromatic N) is 8. The molecule has 11 nitrogen and oxygen atoms in total. The van der Waals surface area contributed by atoms with Crippen LogP contribution in [0, 0.1) is 0 Å². The molecule has 0 fully saturated rings. The van der Waals surface area contributed by atoms with Gasteiger partial charge in [0.05, 0.1) is 12.7 Å². The Hall–Kier alpha value is -2.91. The first-order valence-corrected chi connectivity index (χ1v) is 18.4. The van der Waals surface area contributed by atoms with Gasteiger partial charge < -0.3 is 24.7 Å². The van der Waals surface area contributed by atoms with Crippen molar-refractivity contribution in [1.29, 1.82) is 0 Å². The average molecular weight is 513 g/mol. The molecule has 0 unspecified atom stereocenters. The molecule has 0 aliphatic carbocycles. The van der Waals surface area contributed by atoms with E-state index in [4.69, 9.17) is 15.6 Å². The normalized spacial score (nSPS) is 12.7. The molecule has 0 aliphatic rings. The number of nitrogens with two attached hydrogens (primary N) is 2. The maximum absolute atomic E-state index is 6.84. The molecule has 0 radical (unpaired) electrons. The van der Waals surface area contributed by atoms with E-state index in [1.807, 2.05) is 0 Å². The second-order valence-electron chi connectivity index (χ2n) is 10.3. The maximum atomic E-state index is 6.84. The van der Waals surface area contributed by atoms with Crippen LogP contribution in [0.2, 0.25) is 38.3 Å². The van der Waals surface area contributed by atoms with Crippen molar-refractivity contribution in [2.75, 3.05) is 11.5 Å². The van der Waals surface area contributed by atoms with Crippen LogP contribution in [0.15, 0.2) is 25.3 Å². The SMILES string of the molecule is C[Si](C)(CCCCn1cnc2c(N)ncnc21)O[Si](C)(C)CCCCn1cnc2c(N)ncnc21. The number of unbranched alkanes of at least 4 members (excludes halogenated alkanes) is 2. The fourth-order valence-corrected chi connectivity index (χ4v) is 13.6. The fourth-order valence-electron chi connectivity index (χ4n) is 4.64. The van der Waals surface area contributed by atoms with Crippen LogP contribution in [0.5, 0.6) is 0 Å². The monoisotopic (exact) mass is 512 g/mol. The van der Waals surface area contributed by atoms with Gasteiger partial charge in [-0.05, 0) is 51.1 Å². The number of aromatic nitrogens is 8. The first kappa shape index (κ1) is 25.2. The smallest absolute Gasteiger partial charge is 0.173 e. The van der Waals surface area contributed by atoms with Crippen LogP contribution in [-0.4, -0.2) is 55.7 Å². The van der Waals surface area contributed by atoms with Gasteiger partial charge in [-0.2, -0.15) is 0 Å². The number of aryl methyl sites for hydroxylation is 2. The van der Waals surface area contributed by atoms with Gasteiger partial charge in [-0.15, -0.1) is 0 Å². The van der Waals surface area contributed by atoms with Gasteiger partial charge >= 0.3 is 0 Å². The molecule has 35 heavy (non-hydrogen) atoms. The summed E-state index contributed by atoms with van der Waals surface area (Å²) in [4.78, 5) is 25.4. The highest BCUT2D eigenvalue weighted by Crippen LogP contribution is 2.26. The van der Waals surface area contributed by atoms with Crippen LogP contribution in [0.4, 0.5) is 11.6 Å².